The summed E-state index contributed by atoms with van der Waals surface area (Å²) in [5.41, 5.74) is 3.18. The number of ether oxygens (including phenoxy) is 2. The number of aromatic hydroxyl groups is 1. The van der Waals surface area contributed by atoms with Crippen LogP contribution in [0.25, 0.3) is 17.3 Å². The molecule has 0 aliphatic carbocycles. The van der Waals surface area contributed by atoms with Crippen molar-refractivity contribution in [2.45, 2.75) is 6.92 Å². The maximum atomic E-state index is 12.0. The number of rotatable bonds is 7. The number of phenols is 1. The van der Waals surface area contributed by atoms with E-state index in [9.17, 15) is 14.7 Å². The molecule has 8 heteroatoms. The third kappa shape index (κ3) is 5.48. The number of aryl methyl sites for hydroxylation is 1. The zero-order chi connectivity index (χ0) is 21.5. The molecule has 2 N–H and O–H groups in total. The Morgan fingerprint density at radius 3 is 2.67 bits per heavy atom. The number of anilines is 1. The molecular formula is C22H20N2O6. The summed E-state index contributed by atoms with van der Waals surface area (Å²) in [6, 6.07) is 13.9. The average Bonchev–Trinajstić information content (AvgIpc) is 3.20. The number of esters is 1. The zero-order valence-corrected chi connectivity index (χ0v) is 16.4. The molecule has 1 aromatic heterocycles. The van der Waals surface area contributed by atoms with Crippen molar-refractivity contribution in [1.29, 1.82) is 0 Å². The molecule has 3 aromatic rings. The van der Waals surface area contributed by atoms with Gasteiger partial charge in [-0.05, 0) is 30.7 Å². The standard InChI is InChI=1S/C22H20N2O6/c1-14-3-7-16(8-4-14)17-12-21(30-24-17)23-20(26)13-29-22(27)10-6-15-5-9-18(25)19(11-15)28-2/h3-12,25H,13H2,1-2H3,(H,23,26)/b10-6+. The summed E-state index contributed by atoms with van der Waals surface area (Å²) in [6.07, 6.45) is 2.65. The molecule has 0 radical (unpaired) electrons. The number of amides is 1. The summed E-state index contributed by atoms with van der Waals surface area (Å²) >= 11 is 0. The van der Waals surface area contributed by atoms with E-state index in [1.54, 1.807) is 18.2 Å². The quantitative estimate of drug-likeness (QED) is 0.454. The molecule has 2 aromatic carbocycles. The summed E-state index contributed by atoms with van der Waals surface area (Å²) < 4.78 is 15.0. The van der Waals surface area contributed by atoms with Crippen LogP contribution in [-0.2, 0) is 14.3 Å². The molecular weight excluding hydrogens is 388 g/mol. The molecule has 1 amide bonds. The number of nitrogens with one attached hydrogen (secondary N) is 1. The van der Waals surface area contributed by atoms with Gasteiger partial charge in [-0.25, -0.2) is 4.79 Å². The molecule has 0 aliphatic rings. The van der Waals surface area contributed by atoms with E-state index in [2.05, 4.69) is 10.5 Å². The number of carbonyl (C=O) groups is 2. The van der Waals surface area contributed by atoms with Crippen molar-refractivity contribution in [3.8, 4) is 22.8 Å². The normalized spacial score (nSPS) is 10.7. The minimum Gasteiger partial charge on any atom is -0.504 e. The van der Waals surface area contributed by atoms with E-state index in [1.165, 1.54) is 25.3 Å². The second-order valence-corrected chi connectivity index (χ2v) is 6.36. The first kappa shape index (κ1) is 20.7. The van der Waals surface area contributed by atoms with E-state index in [0.717, 1.165) is 11.1 Å². The molecule has 0 saturated heterocycles. The minimum absolute atomic E-state index is 0.00755. The first-order valence-electron chi connectivity index (χ1n) is 9.00. The summed E-state index contributed by atoms with van der Waals surface area (Å²) in [5, 5.41) is 15.9. The summed E-state index contributed by atoms with van der Waals surface area (Å²) in [4.78, 5) is 23.8. The van der Waals surface area contributed by atoms with Crippen LogP contribution in [0.4, 0.5) is 5.88 Å². The Balaban J connectivity index is 1.50. The molecule has 8 nitrogen and oxygen atoms in total. The van der Waals surface area contributed by atoms with Gasteiger partial charge in [0.15, 0.2) is 18.1 Å². The molecule has 0 atom stereocenters. The second kappa shape index (κ2) is 9.42. The van der Waals surface area contributed by atoms with Crippen LogP contribution in [0.2, 0.25) is 0 Å². The highest BCUT2D eigenvalue weighted by Crippen LogP contribution is 2.26. The highest BCUT2D eigenvalue weighted by atomic mass is 16.5. The Morgan fingerprint density at radius 1 is 1.17 bits per heavy atom. The Hall–Kier alpha value is -4.07. The van der Waals surface area contributed by atoms with Gasteiger partial charge in [-0.1, -0.05) is 41.1 Å². The fourth-order valence-electron chi connectivity index (χ4n) is 2.51. The number of carbonyl (C=O) groups excluding carboxylic acids is 2. The molecule has 0 bridgehead atoms. The van der Waals surface area contributed by atoms with Crippen molar-refractivity contribution in [2.24, 2.45) is 0 Å². The van der Waals surface area contributed by atoms with Gasteiger partial charge in [0.25, 0.3) is 5.91 Å². The van der Waals surface area contributed by atoms with Crippen molar-refractivity contribution in [3.05, 3.63) is 65.7 Å². The topological polar surface area (TPSA) is 111 Å². The lowest BCUT2D eigenvalue weighted by Gasteiger charge is -2.04. The Kier molecular flexibility index (Phi) is 6.49. The first-order chi connectivity index (χ1) is 14.4. The molecule has 0 fully saturated rings. The number of methoxy groups -OCH3 is 1. The van der Waals surface area contributed by atoms with Crippen LogP contribution in [0.15, 0.2) is 59.1 Å². The SMILES string of the molecule is COc1cc(/C=C/C(=O)OCC(=O)Nc2cc(-c3ccc(C)cc3)no2)ccc1O. The molecule has 0 aliphatic heterocycles. The summed E-state index contributed by atoms with van der Waals surface area (Å²) in [7, 11) is 1.42. The molecule has 0 spiro atoms. The number of hydrogen-bond donors (Lipinski definition) is 2. The van der Waals surface area contributed by atoms with E-state index in [1.807, 2.05) is 31.2 Å². The second-order valence-electron chi connectivity index (χ2n) is 6.36. The number of aromatic nitrogens is 1. The minimum atomic E-state index is -0.699. The van der Waals surface area contributed by atoms with Gasteiger partial charge >= 0.3 is 5.97 Å². The van der Waals surface area contributed by atoms with Gasteiger partial charge in [0.2, 0.25) is 5.88 Å². The third-order valence-electron chi connectivity index (χ3n) is 4.08. The van der Waals surface area contributed by atoms with E-state index < -0.39 is 18.5 Å². The van der Waals surface area contributed by atoms with Crippen LogP contribution in [0.5, 0.6) is 11.5 Å². The number of nitrogens with zero attached hydrogens (tertiary/aromatic N) is 1. The maximum absolute atomic E-state index is 12.0. The van der Waals surface area contributed by atoms with Gasteiger partial charge in [0.1, 0.15) is 5.69 Å². The van der Waals surface area contributed by atoms with Gasteiger partial charge in [-0.3, -0.25) is 10.1 Å². The first-order valence-corrected chi connectivity index (χ1v) is 9.00. The van der Waals surface area contributed by atoms with Gasteiger partial charge in [0.05, 0.1) is 7.11 Å². The zero-order valence-electron chi connectivity index (χ0n) is 16.4. The molecule has 0 saturated carbocycles. The Bertz CT molecular complexity index is 1070. The summed E-state index contributed by atoms with van der Waals surface area (Å²) in [6.45, 7) is 1.50. The van der Waals surface area contributed by atoms with Gasteiger partial charge in [0, 0.05) is 17.7 Å². The average molecular weight is 408 g/mol. The smallest absolute Gasteiger partial charge is 0.331 e. The molecule has 0 unspecified atom stereocenters. The van der Waals surface area contributed by atoms with E-state index in [-0.39, 0.29) is 17.4 Å². The van der Waals surface area contributed by atoms with E-state index in [0.29, 0.717) is 11.3 Å². The Labute approximate surface area is 172 Å². The monoisotopic (exact) mass is 408 g/mol. The predicted octanol–water partition coefficient (Wildman–Crippen LogP) is 3.56. The van der Waals surface area contributed by atoms with Crippen LogP contribution >= 0.6 is 0 Å². The van der Waals surface area contributed by atoms with E-state index in [4.69, 9.17) is 14.0 Å². The number of hydrogen-bond acceptors (Lipinski definition) is 7. The van der Waals surface area contributed by atoms with Crippen LogP contribution in [-0.4, -0.2) is 35.9 Å². The van der Waals surface area contributed by atoms with Crippen LogP contribution in [0.1, 0.15) is 11.1 Å². The molecule has 154 valence electrons. The van der Waals surface area contributed by atoms with Crippen molar-refractivity contribution < 1.29 is 28.7 Å². The highest BCUT2D eigenvalue weighted by Gasteiger charge is 2.11. The summed E-state index contributed by atoms with van der Waals surface area (Å²) in [5.74, 6) is -0.836. The molecule has 1 heterocycles. The van der Waals surface area contributed by atoms with Crippen LogP contribution in [0, 0.1) is 6.92 Å². The maximum Gasteiger partial charge on any atom is 0.331 e. The van der Waals surface area contributed by atoms with Gasteiger partial charge in [-0.2, -0.15) is 0 Å². The van der Waals surface area contributed by atoms with Gasteiger partial charge in [-0.15, -0.1) is 0 Å². The van der Waals surface area contributed by atoms with Crippen molar-refractivity contribution in [1.82, 2.24) is 5.16 Å². The lowest BCUT2D eigenvalue weighted by Crippen LogP contribution is -2.19. The fraction of sp³-hybridized carbons (Fsp3) is 0.136. The van der Waals surface area contributed by atoms with E-state index >= 15 is 0 Å². The highest BCUT2D eigenvalue weighted by molar-refractivity contribution is 5.94. The largest absolute Gasteiger partial charge is 0.504 e. The van der Waals surface area contributed by atoms with Gasteiger partial charge < -0.3 is 19.1 Å². The van der Waals surface area contributed by atoms with Crippen LogP contribution in [0.3, 0.4) is 0 Å². The van der Waals surface area contributed by atoms with Crippen LogP contribution < -0.4 is 10.1 Å². The Morgan fingerprint density at radius 2 is 1.93 bits per heavy atom. The lowest BCUT2D eigenvalue weighted by atomic mass is 10.1. The lowest BCUT2D eigenvalue weighted by molar-refractivity contribution is -0.142. The van der Waals surface area contributed by atoms with Crippen molar-refractivity contribution >= 4 is 23.8 Å². The number of phenolic OH excluding ortho intramolecular Hbond substituents is 1. The van der Waals surface area contributed by atoms with Crippen molar-refractivity contribution in [2.75, 3.05) is 19.0 Å². The fourth-order valence-corrected chi connectivity index (χ4v) is 2.51. The predicted molar refractivity (Wildman–Crippen MR) is 110 cm³/mol. The van der Waals surface area contributed by atoms with Crippen molar-refractivity contribution in [3.63, 3.8) is 0 Å². The molecule has 3 rings (SSSR count). The third-order valence-corrected chi connectivity index (χ3v) is 4.08. The number of benzene rings is 2. The molecule has 30 heavy (non-hydrogen) atoms.